The highest BCUT2D eigenvalue weighted by Crippen LogP contribution is 2.07. The Morgan fingerprint density at radius 2 is 1.78 bits per heavy atom. The molecule has 0 saturated heterocycles. The minimum atomic E-state index is 0.146. The number of methoxy groups -OCH3 is 1. The quantitative estimate of drug-likeness (QED) is 0.255. The predicted octanol–water partition coefficient (Wildman–Crippen LogP) is 7.71. The maximum Gasteiger partial charge on any atom is 0.0727 e. The van der Waals surface area contributed by atoms with E-state index in [0.29, 0.717) is 0 Å². The molecule has 0 radical (unpaired) electrons. The van der Waals surface area contributed by atoms with Crippen molar-refractivity contribution in [1.82, 2.24) is 4.90 Å². The lowest BCUT2D eigenvalue weighted by molar-refractivity contribution is 0.156. The molecule has 0 heterocycles. The Morgan fingerprint density at radius 3 is 2.26 bits per heavy atom. The first-order valence-electron chi connectivity index (χ1n) is 10.6. The molecule has 0 spiro atoms. The first-order chi connectivity index (χ1) is 13.1. The van der Waals surface area contributed by atoms with Crippen LogP contribution in [0.25, 0.3) is 0 Å². The molecule has 0 aromatic carbocycles. The van der Waals surface area contributed by atoms with Gasteiger partial charge in [0.15, 0.2) is 0 Å². The van der Waals surface area contributed by atoms with E-state index >= 15 is 0 Å². The zero-order valence-electron chi connectivity index (χ0n) is 19.7. The molecule has 158 valence electrons. The Balaban J connectivity index is -0.00000134. The van der Waals surface area contributed by atoms with Gasteiger partial charge in [-0.05, 0) is 45.0 Å². The molecule has 0 saturated carbocycles. The summed E-state index contributed by atoms with van der Waals surface area (Å²) in [5, 5.41) is 0. The Bertz CT molecular complexity index is 430. The maximum absolute atomic E-state index is 5.27. The average molecular weight is 378 g/mol. The zero-order chi connectivity index (χ0) is 21.5. The number of allylic oxidation sites excluding steroid dienone is 5. The molecule has 0 bridgehead atoms. The van der Waals surface area contributed by atoms with Crippen molar-refractivity contribution in [2.75, 3.05) is 20.2 Å². The molecule has 2 nitrogen and oxygen atoms in total. The SMILES string of the molecule is C=C/C(C)=C\C=C\N(CCCCC)CC(/C=C\C(C)OC)=C/C.CC.CC. The van der Waals surface area contributed by atoms with E-state index in [4.69, 9.17) is 4.74 Å². The lowest BCUT2D eigenvalue weighted by Gasteiger charge is -2.21. The third-order valence-corrected chi connectivity index (χ3v) is 3.74. The second-order valence-corrected chi connectivity index (χ2v) is 5.80. The molecule has 2 heteroatoms. The lowest BCUT2D eigenvalue weighted by Crippen LogP contribution is -2.21. The van der Waals surface area contributed by atoms with Gasteiger partial charge >= 0.3 is 0 Å². The van der Waals surface area contributed by atoms with Crippen LogP contribution >= 0.6 is 0 Å². The van der Waals surface area contributed by atoms with E-state index in [-0.39, 0.29) is 6.10 Å². The fourth-order valence-corrected chi connectivity index (χ4v) is 1.97. The predicted molar refractivity (Wildman–Crippen MR) is 126 cm³/mol. The van der Waals surface area contributed by atoms with Gasteiger partial charge in [-0.2, -0.15) is 0 Å². The summed E-state index contributed by atoms with van der Waals surface area (Å²) in [6.07, 6.45) is 18.6. The molecule has 0 fully saturated rings. The molecule has 0 N–H and O–H groups in total. The van der Waals surface area contributed by atoms with Crippen LogP contribution in [-0.2, 0) is 4.74 Å². The van der Waals surface area contributed by atoms with Crippen LogP contribution in [0.3, 0.4) is 0 Å². The fraction of sp³-hybridized carbons (Fsp3) is 0.600. The largest absolute Gasteiger partial charge is 0.378 e. The summed E-state index contributed by atoms with van der Waals surface area (Å²) in [7, 11) is 1.73. The normalized spacial score (nSPS) is 12.9. The minimum Gasteiger partial charge on any atom is -0.378 e. The van der Waals surface area contributed by atoms with Gasteiger partial charge in [-0.25, -0.2) is 0 Å². The van der Waals surface area contributed by atoms with Crippen LogP contribution in [0.15, 0.2) is 60.4 Å². The van der Waals surface area contributed by atoms with Crippen molar-refractivity contribution in [1.29, 1.82) is 0 Å². The highest BCUT2D eigenvalue weighted by atomic mass is 16.5. The summed E-state index contributed by atoms with van der Waals surface area (Å²) in [4.78, 5) is 2.37. The van der Waals surface area contributed by atoms with Crippen molar-refractivity contribution in [2.45, 2.75) is 80.8 Å². The molecule has 0 amide bonds. The topological polar surface area (TPSA) is 12.5 Å². The Labute approximate surface area is 171 Å². The van der Waals surface area contributed by atoms with E-state index in [1.165, 1.54) is 30.4 Å². The van der Waals surface area contributed by atoms with Gasteiger partial charge < -0.3 is 9.64 Å². The highest BCUT2D eigenvalue weighted by Gasteiger charge is 2.02. The number of nitrogens with zero attached hydrogens (tertiary/aromatic N) is 1. The van der Waals surface area contributed by atoms with Crippen molar-refractivity contribution in [3.8, 4) is 0 Å². The summed E-state index contributed by atoms with van der Waals surface area (Å²) in [5.41, 5.74) is 2.48. The molecule has 0 aliphatic heterocycles. The zero-order valence-corrected chi connectivity index (χ0v) is 19.7. The summed E-state index contributed by atoms with van der Waals surface area (Å²) < 4.78 is 5.27. The standard InChI is InChI=1S/C21H35NO.2C2H6/c1-7-10-11-16-22(17-12-13-19(4)8-2)18-21(9-3)15-14-20(5)23-6;2*1-2/h8-9,12-15,17,20H,2,7,10-11,16,18H2,1,3-6H3;2*1-2H3/b15-14-,17-12+,19-13-,21-9+;;. The maximum atomic E-state index is 5.27. The van der Waals surface area contributed by atoms with Gasteiger partial charge in [0, 0.05) is 20.2 Å². The molecule has 1 unspecified atom stereocenters. The third-order valence-electron chi connectivity index (χ3n) is 3.74. The highest BCUT2D eigenvalue weighted by molar-refractivity contribution is 5.22. The molecular weight excluding hydrogens is 330 g/mol. The number of ether oxygens (including phenoxy) is 1. The van der Waals surface area contributed by atoms with Crippen LogP contribution in [0, 0.1) is 0 Å². The Kier molecular flexibility index (Phi) is 27.4. The average Bonchev–Trinajstić information content (AvgIpc) is 2.73. The molecular formula is C25H47NO. The van der Waals surface area contributed by atoms with E-state index in [0.717, 1.165) is 13.1 Å². The van der Waals surface area contributed by atoms with Crippen LogP contribution in [0.2, 0.25) is 0 Å². The van der Waals surface area contributed by atoms with Crippen LogP contribution in [-0.4, -0.2) is 31.2 Å². The van der Waals surface area contributed by atoms with Crippen LogP contribution in [0.5, 0.6) is 0 Å². The Morgan fingerprint density at radius 1 is 1.15 bits per heavy atom. The van der Waals surface area contributed by atoms with E-state index < -0.39 is 0 Å². The summed E-state index contributed by atoms with van der Waals surface area (Å²) in [6.45, 7) is 22.2. The van der Waals surface area contributed by atoms with Gasteiger partial charge in [0.05, 0.1) is 6.10 Å². The van der Waals surface area contributed by atoms with E-state index in [1.807, 2.05) is 40.7 Å². The number of hydrogen-bond acceptors (Lipinski definition) is 2. The van der Waals surface area contributed by atoms with Gasteiger partial charge in [-0.3, -0.25) is 0 Å². The van der Waals surface area contributed by atoms with Crippen molar-refractivity contribution in [2.24, 2.45) is 0 Å². The fourth-order valence-electron chi connectivity index (χ4n) is 1.97. The number of unbranched alkanes of at least 4 members (excludes halogenated alkanes) is 2. The van der Waals surface area contributed by atoms with Crippen molar-refractivity contribution in [3.05, 3.63) is 60.4 Å². The summed E-state index contributed by atoms with van der Waals surface area (Å²) in [5.74, 6) is 0. The van der Waals surface area contributed by atoms with Crippen LogP contribution in [0.4, 0.5) is 0 Å². The van der Waals surface area contributed by atoms with E-state index in [1.54, 1.807) is 7.11 Å². The summed E-state index contributed by atoms with van der Waals surface area (Å²) in [6, 6.07) is 0. The van der Waals surface area contributed by atoms with Gasteiger partial charge in [0.25, 0.3) is 0 Å². The summed E-state index contributed by atoms with van der Waals surface area (Å²) >= 11 is 0. The third kappa shape index (κ3) is 20.6. The van der Waals surface area contributed by atoms with Crippen LogP contribution in [0.1, 0.15) is 74.7 Å². The molecule has 0 aliphatic rings. The monoisotopic (exact) mass is 377 g/mol. The second-order valence-electron chi connectivity index (χ2n) is 5.80. The van der Waals surface area contributed by atoms with Gasteiger partial charge in [-0.15, -0.1) is 0 Å². The second kappa shape index (κ2) is 24.5. The van der Waals surface area contributed by atoms with Crippen molar-refractivity contribution >= 4 is 0 Å². The van der Waals surface area contributed by atoms with Gasteiger partial charge in [-0.1, -0.05) is 90.0 Å². The first-order valence-corrected chi connectivity index (χ1v) is 10.6. The number of hydrogen-bond donors (Lipinski definition) is 0. The van der Waals surface area contributed by atoms with E-state index in [9.17, 15) is 0 Å². The molecule has 0 aliphatic carbocycles. The first kappa shape index (κ1) is 30.2. The lowest BCUT2D eigenvalue weighted by atomic mass is 10.1. The number of rotatable bonds is 12. The molecule has 0 aromatic rings. The Hall–Kier alpha value is -1.54. The van der Waals surface area contributed by atoms with Crippen molar-refractivity contribution in [3.63, 3.8) is 0 Å². The van der Waals surface area contributed by atoms with Crippen molar-refractivity contribution < 1.29 is 4.74 Å². The smallest absolute Gasteiger partial charge is 0.0727 e. The molecule has 1 atom stereocenters. The minimum absolute atomic E-state index is 0.146. The molecule has 0 aromatic heterocycles. The molecule has 27 heavy (non-hydrogen) atoms. The molecule has 0 rings (SSSR count). The van der Waals surface area contributed by atoms with E-state index in [2.05, 4.69) is 68.8 Å². The van der Waals surface area contributed by atoms with Gasteiger partial charge in [0.2, 0.25) is 0 Å². The van der Waals surface area contributed by atoms with Gasteiger partial charge in [0.1, 0.15) is 0 Å². The van der Waals surface area contributed by atoms with Crippen LogP contribution < -0.4 is 0 Å².